The van der Waals surface area contributed by atoms with Gasteiger partial charge in [0.05, 0.1) is 7.11 Å². The maximum Gasteiger partial charge on any atom is 0.163 e. The van der Waals surface area contributed by atoms with Crippen molar-refractivity contribution >= 4 is 5.78 Å². The number of methoxy groups -OCH3 is 1. The van der Waals surface area contributed by atoms with Crippen molar-refractivity contribution in [3.63, 3.8) is 0 Å². The van der Waals surface area contributed by atoms with Crippen LogP contribution >= 0.6 is 0 Å². The van der Waals surface area contributed by atoms with Crippen molar-refractivity contribution < 1.29 is 9.53 Å². The predicted octanol–water partition coefficient (Wildman–Crippen LogP) is 3.79. The van der Waals surface area contributed by atoms with Gasteiger partial charge in [0.1, 0.15) is 5.75 Å². The Morgan fingerprint density at radius 1 is 1.32 bits per heavy atom. The highest BCUT2D eigenvalue weighted by Gasteiger charge is 2.36. The number of ether oxygens (including phenoxy) is 1. The standard InChI is InChI=1S/C17H20O2/c1-11-3-5-14(10-17(11)19-2)16(18)9-15-8-12-4-6-13(15)7-12/h3-6,10,12-13,15H,7-9H2,1-2H3. The lowest BCUT2D eigenvalue weighted by Crippen LogP contribution is -2.13. The second-order valence-electron chi connectivity index (χ2n) is 5.85. The number of fused-ring (bicyclic) bond motifs is 2. The van der Waals surface area contributed by atoms with Crippen molar-refractivity contribution in [1.29, 1.82) is 0 Å². The van der Waals surface area contributed by atoms with Gasteiger partial charge in [-0.25, -0.2) is 0 Å². The number of benzene rings is 1. The Morgan fingerprint density at radius 3 is 2.79 bits per heavy atom. The van der Waals surface area contributed by atoms with Gasteiger partial charge in [0.2, 0.25) is 0 Å². The van der Waals surface area contributed by atoms with Gasteiger partial charge in [-0.1, -0.05) is 24.3 Å². The topological polar surface area (TPSA) is 26.3 Å². The van der Waals surface area contributed by atoms with Crippen LogP contribution in [-0.4, -0.2) is 12.9 Å². The molecule has 1 aromatic carbocycles. The number of aryl methyl sites for hydroxylation is 1. The zero-order chi connectivity index (χ0) is 13.4. The van der Waals surface area contributed by atoms with E-state index in [4.69, 9.17) is 4.74 Å². The third kappa shape index (κ3) is 2.32. The van der Waals surface area contributed by atoms with Crippen molar-refractivity contribution in [2.45, 2.75) is 26.2 Å². The number of ketones is 1. The molecule has 2 nitrogen and oxygen atoms in total. The van der Waals surface area contributed by atoms with E-state index in [1.807, 2.05) is 25.1 Å². The number of hydrogen-bond donors (Lipinski definition) is 0. The summed E-state index contributed by atoms with van der Waals surface area (Å²) in [5.41, 5.74) is 1.86. The van der Waals surface area contributed by atoms with Gasteiger partial charge in [-0.05, 0) is 49.1 Å². The van der Waals surface area contributed by atoms with Gasteiger partial charge in [-0.2, -0.15) is 0 Å². The molecule has 0 heterocycles. The first-order valence-electron chi connectivity index (χ1n) is 7.03. The molecule has 3 atom stereocenters. The van der Waals surface area contributed by atoms with E-state index in [0.29, 0.717) is 18.3 Å². The molecule has 1 aromatic rings. The monoisotopic (exact) mass is 256 g/mol. The minimum atomic E-state index is 0.254. The van der Waals surface area contributed by atoms with Crippen molar-refractivity contribution in [2.75, 3.05) is 7.11 Å². The molecule has 2 aliphatic rings. The summed E-state index contributed by atoms with van der Waals surface area (Å²) in [4.78, 5) is 12.4. The van der Waals surface area contributed by atoms with Crippen LogP contribution in [-0.2, 0) is 0 Å². The van der Waals surface area contributed by atoms with Gasteiger partial charge < -0.3 is 4.74 Å². The minimum absolute atomic E-state index is 0.254. The highest BCUT2D eigenvalue weighted by Crippen LogP contribution is 2.45. The normalized spacial score (nSPS) is 27.8. The number of Topliss-reactive ketones (excluding diaryl/α,β-unsaturated/α-hetero) is 1. The molecule has 0 saturated heterocycles. The van der Waals surface area contributed by atoms with Crippen LogP contribution in [0.25, 0.3) is 0 Å². The molecule has 19 heavy (non-hydrogen) atoms. The fraction of sp³-hybridized carbons (Fsp3) is 0.471. The fourth-order valence-corrected chi connectivity index (χ4v) is 3.48. The third-order valence-corrected chi connectivity index (χ3v) is 4.59. The van der Waals surface area contributed by atoms with Crippen LogP contribution in [0.15, 0.2) is 30.4 Å². The Kier molecular flexibility index (Phi) is 3.17. The average molecular weight is 256 g/mol. The van der Waals surface area contributed by atoms with E-state index in [1.165, 1.54) is 12.8 Å². The van der Waals surface area contributed by atoms with Crippen LogP contribution in [0, 0.1) is 24.7 Å². The second-order valence-corrected chi connectivity index (χ2v) is 5.85. The van der Waals surface area contributed by atoms with E-state index in [2.05, 4.69) is 12.2 Å². The quantitative estimate of drug-likeness (QED) is 0.605. The van der Waals surface area contributed by atoms with Crippen molar-refractivity contribution in [3.8, 4) is 5.75 Å². The molecule has 1 saturated carbocycles. The number of rotatable bonds is 4. The van der Waals surface area contributed by atoms with Gasteiger partial charge in [-0.15, -0.1) is 0 Å². The molecule has 3 rings (SSSR count). The molecule has 3 unspecified atom stereocenters. The van der Waals surface area contributed by atoms with Gasteiger partial charge >= 0.3 is 0 Å². The minimum Gasteiger partial charge on any atom is -0.496 e. The SMILES string of the molecule is COc1cc(C(=O)CC2CC3C=CC2C3)ccc1C. The summed E-state index contributed by atoms with van der Waals surface area (Å²) in [5, 5.41) is 0. The zero-order valence-electron chi connectivity index (χ0n) is 11.6. The highest BCUT2D eigenvalue weighted by molar-refractivity contribution is 5.96. The maximum absolute atomic E-state index is 12.4. The van der Waals surface area contributed by atoms with Crippen LogP contribution < -0.4 is 4.74 Å². The highest BCUT2D eigenvalue weighted by atomic mass is 16.5. The van der Waals surface area contributed by atoms with Gasteiger partial charge in [0.15, 0.2) is 5.78 Å². The summed E-state index contributed by atoms with van der Waals surface area (Å²) in [6.45, 7) is 1.99. The zero-order valence-corrected chi connectivity index (χ0v) is 11.6. The summed E-state index contributed by atoms with van der Waals surface area (Å²) < 4.78 is 5.29. The first-order valence-corrected chi connectivity index (χ1v) is 7.03. The summed E-state index contributed by atoms with van der Waals surface area (Å²) in [6.07, 6.45) is 7.76. The van der Waals surface area contributed by atoms with E-state index in [-0.39, 0.29) is 5.78 Å². The van der Waals surface area contributed by atoms with Crippen LogP contribution in [0.3, 0.4) is 0 Å². The Labute approximate surface area is 114 Å². The number of allylic oxidation sites excluding steroid dienone is 2. The molecule has 0 spiro atoms. The van der Waals surface area contributed by atoms with Gasteiger partial charge in [0.25, 0.3) is 0 Å². The van der Waals surface area contributed by atoms with Crippen molar-refractivity contribution in [2.24, 2.45) is 17.8 Å². The lowest BCUT2D eigenvalue weighted by Gasteiger charge is -2.17. The molecular weight excluding hydrogens is 236 g/mol. The molecular formula is C17H20O2. The lowest BCUT2D eigenvalue weighted by molar-refractivity contribution is 0.0954. The van der Waals surface area contributed by atoms with Crippen LogP contribution in [0.1, 0.15) is 35.2 Å². The average Bonchev–Trinajstić information content (AvgIpc) is 3.01. The number of carbonyl (C=O) groups is 1. The third-order valence-electron chi connectivity index (χ3n) is 4.59. The number of carbonyl (C=O) groups excluding carboxylic acids is 1. The maximum atomic E-state index is 12.4. The fourth-order valence-electron chi connectivity index (χ4n) is 3.48. The Balaban J connectivity index is 1.72. The number of hydrogen-bond acceptors (Lipinski definition) is 2. The first-order chi connectivity index (χ1) is 9.17. The van der Waals surface area contributed by atoms with Crippen molar-refractivity contribution in [3.05, 3.63) is 41.5 Å². The molecule has 1 fully saturated rings. The largest absolute Gasteiger partial charge is 0.496 e. The van der Waals surface area contributed by atoms with Gasteiger partial charge in [0, 0.05) is 12.0 Å². The van der Waals surface area contributed by atoms with Crippen molar-refractivity contribution in [1.82, 2.24) is 0 Å². The summed E-state index contributed by atoms with van der Waals surface area (Å²) in [6, 6.07) is 5.76. The van der Waals surface area contributed by atoms with E-state index in [9.17, 15) is 4.79 Å². The molecule has 2 bridgehead atoms. The van der Waals surface area contributed by atoms with E-state index in [0.717, 1.165) is 22.8 Å². The lowest BCUT2D eigenvalue weighted by atomic mass is 9.87. The molecule has 2 aliphatic carbocycles. The van der Waals surface area contributed by atoms with Crippen LogP contribution in [0.4, 0.5) is 0 Å². The molecule has 0 N–H and O–H groups in total. The molecule has 0 radical (unpaired) electrons. The molecule has 0 aromatic heterocycles. The Bertz CT molecular complexity index is 530. The van der Waals surface area contributed by atoms with E-state index in [1.54, 1.807) is 7.11 Å². The molecule has 0 amide bonds. The van der Waals surface area contributed by atoms with E-state index < -0.39 is 0 Å². The summed E-state index contributed by atoms with van der Waals surface area (Å²) in [7, 11) is 1.65. The van der Waals surface area contributed by atoms with Crippen LogP contribution in [0.2, 0.25) is 0 Å². The smallest absolute Gasteiger partial charge is 0.163 e. The first kappa shape index (κ1) is 12.5. The van der Waals surface area contributed by atoms with Gasteiger partial charge in [-0.3, -0.25) is 4.79 Å². The Hall–Kier alpha value is -1.57. The summed E-state index contributed by atoms with van der Waals surface area (Å²) in [5.74, 6) is 2.98. The van der Waals surface area contributed by atoms with Crippen LogP contribution in [0.5, 0.6) is 5.75 Å². The summed E-state index contributed by atoms with van der Waals surface area (Å²) >= 11 is 0. The molecule has 2 heteroatoms. The predicted molar refractivity (Wildman–Crippen MR) is 75.5 cm³/mol. The molecule has 100 valence electrons. The second kappa shape index (κ2) is 4.84. The Morgan fingerprint density at radius 2 is 2.16 bits per heavy atom. The van der Waals surface area contributed by atoms with E-state index >= 15 is 0 Å². The molecule has 0 aliphatic heterocycles.